The van der Waals surface area contributed by atoms with Gasteiger partial charge in [0.1, 0.15) is 6.10 Å². The van der Waals surface area contributed by atoms with Crippen LogP contribution in [0.1, 0.15) is 11.1 Å². The lowest BCUT2D eigenvalue weighted by atomic mass is 9.98. The molecule has 0 aliphatic carbocycles. The summed E-state index contributed by atoms with van der Waals surface area (Å²) in [6.07, 6.45) is 0.340. The van der Waals surface area contributed by atoms with Crippen LogP contribution in [-0.2, 0) is 6.42 Å². The minimum atomic E-state index is -0.519. The molecule has 2 atom stereocenters. The van der Waals surface area contributed by atoms with Gasteiger partial charge < -0.3 is 5.11 Å². The van der Waals surface area contributed by atoms with Crippen LogP contribution in [0.4, 0.5) is 5.69 Å². The first-order chi connectivity index (χ1) is 9.34. The van der Waals surface area contributed by atoms with Crippen LogP contribution >= 0.6 is 0 Å². The molecular weight excluding hydrogens is 236 g/mol. The monoisotopic (exact) mass is 250 g/mol. The molecule has 2 unspecified atom stereocenters. The SMILES string of the molecule is OC1C(c2ccccc2)=NN2c3ccccc3CC12. The lowest BCUT2D eigenvalue weighted by molar-refractivity contribution is 0.219. The van der Waals surface area contributed by atoms with Crippen LogP contribution in [0.3, 0.4) is 0 Å². The molecule has 3 heteroatoms. The summed E-state index contributed by atoms with van der Waals surface area (Å²) in [7, 11) is 0. The van der Waals surface area contributed by atoms with Gasteiger partial charge in [0.25, 0.3) is 0 Å². The van der Waals surface area contributed by atoms with Crippen molar-refractivity contribution in [2.45, 2.75) is 18.6 Å². The topological polar surface area (TPSA) is 35.8 Å². The molecule has 0 saturated heterocycles. The second kappa shape index (κ2) is 3.93. The third-order valence-electron chi connectivity index (χ3n) is 3.91. The van der Waals surface area contributed by atoms with Crippen molar-refractivity contribution in [3.63, 3.8) is 0 Å². The van der Waals surface area contributed by atoms with Crippen molar-refractivity contribution in [2.24, 2.45) is 5.10 Å². The highest BCUT2D eigenvalue weighted by Gasteiger charge is 2.42. The molecule has 3 nitrogen and oxygen atoms in total. The van der Waals surface area contributed by atoms with E-state index in [1.807, 2.05) is 47.5 Å². The second-order valence-corrected chi connectivity index (χ2v) is 5.04. The Labute approximate surface area is 111 Å². The first-order valence-corrected chi connectivity index (χ1v) is 6.54. The highest BCUT2D eigenvalue weighted by Crippen LogP contribution is 2.37. The maximum atomic E-state index is 10.5. The quantitative estimate of drug-likeness (QED) is 0.842. The van der Waals surface area contributed by atoms with Gasteiger partial charge in [0.15, 0.2) is 0 Å². The first-order valence-electron chi connectivity index (χ1n) is 6.54. The first kappa shape index (κ1) is 10.8. The van der Waals surface area contributed by atoms with E-state index in [0.29, 0.717) is 0 Å². The van der Waals surface area contributed by atoms with Crippen molar-refractivity contribution >= 4 is 11.4 Å². The van der Waals surface area contributed by atoms with Crippen LogP contribution in [-0.4, -0.2) is 23.0 Å². The number of para-hydroxylation sites is 1. The number of rotatable bonds is 1. The normalized spacial score (nSPS) is 24.1. The summed E-state index contributed by atoms with van der Waals surface area (Å²) in [5, 5.41) is 17.1. The van der Waals surface area contributed by atoms with E-state index in [2.05, 4.69) is 17.2 Å². The largest absolute Gasteiger partial charge is 0.384 e. The van der Waals surface area contributed by atoms with Gasteiger partial charge in [-0.1, -0.05) is 48.5 Å². The predicted octanol–water partition coefficient (Wildman–Crippen LogP) is 2.20. The standard InChI is InChI=1S/C16H14N2O/c19-16-14-10-12-8-4-5-9-13(12)18(14)17-15(16)11-6-2-1-3-7-11/h1-9,14,16,19H,10H2. The Kier molecular flexibility index (Phi) is 2.23. The van der Waals surface area contributed by atoms with Crippen molar-refractivity contribution in [1.82, 2.24) is 0 Å². The average Bonchev–Trinajstić information content (AvgIpc) is 2.98. The van der Waals surface area contributed by atoms with E-state index < -0.39 is 6.10 Å². The van der Waals surface area contributed by atoms with Gasteiger partial charge in [-0.05, 0) is 18.1 Å². The number of hydrogen-bond donors (Lipinski definition) is 1. The Morgan fingerprint density at radius 1 is 1.00 bits per heavy atom. The molecule has 0 radical (unpaired) electrons. The summed E-state index contributed by atoms with van der Waals surface area (Å²) >= 11 is 0. The van der Waals surface area contributed by atoms with E-state index >= 15 is 0 Å². The van der Waals surface area contributed by atoms with Gasteiger partial charge in [-0.2, -0.15) is 5.10 Å². The number of aliphatic hydroxyl groups excluding tert-OH is 1. The van der Waals surface area contributed by atoms with E-state index in [0.717, 1.165) is 23.4 Å². The van der Waals surface area contributed by atoms with Gasteiger partial charge in [0, 0.05) is 5.56 Å². The highest BCUT2D eigenvalue weighted by atomic mass is 16.3. The Balaban J connectivity index is 1.78. The van der Waals surface area contributed by atoms with Gasteiger partial charge in [-0.25, -0.2) is 0 Å². The average molecular weight is 250 g/mol. The minimum Gasteiger partial charge on any atom is -0.384 e. The molecule has 19 heavy (non-hydrogen) atoms. The third-order valence-corrected chi connectivity index (χ3v) is 3.91. The molecule has 0 spiro atoms. The smallest absolute Gasteiger partial charge is 0.121 e. The van der Waals surface area contributed by atoms with E-state index in [-0.39, 0.29) is 6.04 Å². The summed E-state index contributed by atoms with van der Waals surface area (Å²) in [6, 6.07) is 18.2. The third kappa shape index (κ3) is 1.52. The van der Waals surface area contributed by atoms with Crippen molar-refractivity contribution in [1.29, 1.82) is 0 Å². The Hall–Kier alpha value is -2.13. The summed E-state index contributed by atoms with van der Waals surface area (Å²) in [4.78, 5) is 0. The van der Waals surface area contributed by atoms with Crippen LogP contribution in [0.2, 0.25) is 0 Å². The number of hydrazone groups is 1. The fraction of sp³-hybridized carbons (Fsp3) is 0.188. The molecule has 4 rings (SSSR count). The fourth-order valence-corrected chi connectivity index (χ4v) is 2.97. The lowest BCUT2D eigenvalue weighted by Gasteiger charge is -2.16. The van der Waals surface area contributed by atoms with Crippen molar-refractivity contribution in [2.75, 3.05) is 5.01 Å². The Morgan fingerprint density at radius 2 is 1.74 bits per heavy atom. The number of nitrogens with zero attached hydrogens (tertiary/aromatic N) is 2. The molecular formula is C16H14N2O. The molecule has 94 valence electrons. The van der Waals surface area contributed by atoms with Crippen LogP contribution in [0.25, 0.3) is 0 Å². The van der Waals surface area contributed by atoms with Gasteiger partial charge in [0.05, 0.1) is 17.4 Å². The van der Waals surface area contributed by atoms with Gasteiger partial charge in [-0.15, -0.1) is 0 Å². The lowest BCUT2D eigenvalue weighted by Crippen LogP contribution is -2.35. The fourth-order valence-electron chi connectivity index (χ4n) is 2.97. The zero-order valence-corrected chi connectivity index (χ0v) is 10.4. The molecule has 2 aromatic rings. The van der Waals surface area contributed by atoms with Crippen molar-refractivity contribution in [3.8, 4) is 0 Å². The molecule has 0 fully saturated rings. The van der Waals surface area contributed by atoms with E-state index in [1.54, 1.807) is 0 Å². The van der Waals surface area contributed by atoms with E-state index in [1.165, 1.54) is 5.56 Å². The molecule has 0 saturated carbocycles. The maximum absolute atomic E-state index is 10.5. The Morgan fingerprint density at radius 3 is 2.58 bits per heavy atom. The number of anilines is 1. The Bertz CT molecular complexity index is 651. The summed E-state index contributed by atoms with van der Waals surface area (Å²) < 4.78 is 0. The zero-order chi connectivity index (χ0) is 12.8. The predicted molar refractivity (Wildman–Crippen MR) is 75.4 cm³/mol. The van der Waals surface area contributed by atoms with E-state index in [9.17, 15) is 5.11 Å². The van der Waals surface area contributed by atoms with Crippen LogP contribution < -0.4 is 5.01 Å². The molecule has 0 amide bonds. The summed E-state index contributed by atoms with van der Waals surface area (Å²) in [5.74, 6) is 0. The molecule has 0 bridgehead atoms. The van der Waals surface area contributed by atoms with Crippen molar-refractivity contribution in [3.05, 3.63) is 65.7 Å². The second-order valence-electron chi connectivity index (χ2n) is 5.04. The molecule has 2 aliphatic rings. The molecule has 2 heterocycles. The van der Waals surface area contributed by atoms with Crippen LogP contribution in [0, 0.1) is 0 Å². The number of hydrogen-bond acceptors (Lipinski definition) is 3. The highest BCUT2D eigenvalue weighted by molar-refractivity contribution is 6.06. The van der Waals surface area contributed by atoms with Crippen LogP contribution in [0.5, 0.6) is 0 Å². The maximum Gasteiger partial charge on any atom is 0.121 e. The van der Waals surface area contributed by atoms with Gasteiger partial charge in [-0.3, -0.25) is 5.01 Å². The molecule has 2 aliphatic heterocycles. The van der Waals surface area contributed by atoms with Crippen LogP contribution in [0.15, 0.2) is 59.7 Å². The molecule has 0 aromatic heterocycles. The summed E-state index contributed by atoms with van der Waals surface area (Å²) in [5.41, 5.74) is 4.17. The number of aliphatic hydroxyl groups is 1. The van der Waals surface area contributed by atoms with E-state index in [4.69, 9.17) is 0 Å². The molecule has 2 aromatic carbocycles. The molecule has 1 N–H and O–H groups in total. The number of benzene rings is 2. The van der Waals surface area contributed by atoms with Gasteiger partial charge in [0.2, 0.25) is 0 Å². The summed E-state index contributed by atoms with van der Waals surface area (Å²) in [6.45, 7) is 0. The van der Waals surface area contributed by atoms with Crippen molar-refractivity contribution < 1.29 is 5.11 Å². The zero-order valence-electron chi connectivity index (χ0n) is 10.4. The minimum absolute atomic E-state index is 0.0487. The number of fused-ring (bicyclic) bond motifs is 3. The van der Waals surface area contributed by atoms with Gasteiger partial charge >= 0.3 is 0 Å².